The zero-order valence-electron chi connectivity index (χ0n) is 13.1. The van der Waals surface area contributed by atoms with Gasteiger partial charge in [-0.2, -0.15) is 0 Å². The van der Waals surface area contributed by atoms with Gasteiger partial charge in [0.2, 0.25) is 15.8 Å². The van der Waals surface area contributed by atoms with Crippen LogP contribution in [0.25, 0.3) is 10.2 Å². The molecule has 0 saturated heterocycles. The fourth-order valence-corrected chi connectivity index (χ4v) is 4.00. The summed E-state index contributed by atoms with van der Waals surface area (Å²) in [4.78, 5) is 25.2. The number of sulfonamides is 1. The minimum absolute atomic E-state index is 0.00886. The van der Waals surface area contributed by atoms with Crippen LogP contribution in [0, 0.1) is 0 Å². The summed E-state index contributed by atoms with van der Waals surface area (Å²) >= 11 is 0.935. The van der Waals surface area contributed by atoms with E-state index in [1.807, 2.05) is 0 Å². The summed E-state index contributed by atoms with van der Waals surface area (Å²) in [6.45, 7) is 1.77. The average Bonchev–Trinajstić information content (AvgIpc) is 3.18. The fourth-order valence-electron chi connectivity index (χ4n) is 2.13. The van der Waals surface area contributed by atoms with Crippen LogP contribution >= 0.6 is 11.3 Å². The molecule has 0 radical (unpaired) electrons. The standard InChI is InChI=1S/C15H14N2O6S2/c1-2-22-14(18)12-6-3-9(23-12)8-16-25(20,21)10-4-5-11-13(7-10)24-15(19)17-11/h3-7,16H,2,8H2,1H3,(H,17,19). The largest absolute Gasteiger partial charge is 0.460 e. The van der Waals surface area contributed by atoms with Gasteiger partial charge in [0.1, 0.15) is 5.76 Å². The van der Waals surface area contributed by atoms with E-state index in [0.717, 1.165) is 11.3 Å². The molecule has 2 N–H and O–H groups in total. The number of carbonyl (C=O) groups excluding carboxylic acids is 1. The first-order valence-corrected chi connectivity index (χ1v) is 9.57. The van der Waals surface area contributed by atoms with E-state index in [9.17, 15) is 18.0 Å². The van der Waals surface area contributed by atoms with Gasteiger partial charge in [0, 0.05) is 0 Å². The molecule has 0 bridgehead atoms. The SMILES string of the molecule is CCOC(=O)c1ccc(CNS(=O)(=O)c2ccc3[nH]c(=O)sc3c2)o1. The van der Waals surface area contributed by atoms with Gasteiger partial charge in [-0.1, -0.05) is 11.3 Å². The lowest BCUT2D eigenvalue weighted by molar-refractivity contribution is 0.0488. The number of esters is 1. The fraction of sp³-hybridized carbons (Fsp3) is 0.200. The number of fused-ring (bicyclic) bond motifs is 1. The Labute approximate surface area is 146 Å². The molecule has 0 aliphatic rings. The van der Waals surface area contributed by atoms with Crippen LogP contribution in [0.3, 0.4) is 0 Å². The molecule has 0 atom stereocenters. The summed E-state index contributed by atoms with van der Waals surface area (Å²) < 4.78 is 37.7. The topological polar surface area (TPSA) is 118 Å². The smallest absolute Gasteiger partial charge is 0.374 e. The van der Waals surface area contributed by atoms with Gasteiger partial charge in [-0.15, -0.1) is 0 Å². The quantitative estimate of drug-likeness (QED) is 0.628. The van der Waals surface area contributed by atoms with Crippen molar-refractivity contribution in [3.8, 4) is 0 Å². The molecule has 0 fully saturated rings. The molecule has 8 nitrogen and oxygen atoms in total. The Balaban J connectivity index is 1.74. The number of benzene rings is 1. The van der Waals surface area contributed by atoms with E-state index in [0.29, 0.717) is 10.2 Å². The maximum atomic E-state index is 12.4. The van der Waals surface area contributed by atoms with Crippen LogP contribution < -0.4 is 9.60 Å². The number of H-pyrrole nitrogens is 1. The monoisotopic (exact) mass is 382 g/mol. The first-order chi connectivity index (χ1) is 11.9. The Kier molecular flexibility index (Phi) is 4.75. The second-order valence-corrected chi connectivity index (χ2v) is 7.77. The maximum absolute atomic E-state index is 12.4. The van der Waals surface area contributed by atoms with Gasteiger partial charge < -0.3 is 14.1 Å². The summed E-state index contributed by atoms with van der Waals surface area (Å²) in [6, 6.07) is 7.28. The molecule has 0 aliphatic carbocycles. The first kappa shape index (κ1) is 17.4. The van der Waals surface area contributed by atoms with Crippen molar-refractivity contribution in [2.45, 2.75) is 18.4 Å². The highest BCUT2D eigenvalue weighted by Gasteiger charge is 2.17. The lowest BCUT2D eigenvalue weighted by Gasteiger charge is -2.05. The van der Waals surface area contributed by atoms with Crippen molar-refractivity contribution < 1.29 is 22.4 Å². The van der Waals surface area contributed by atoms with Crippen LogP contribution in [0.1, 0.15) is 23.2 Å². The molecule has 25 heavy (non-hydrogen) atoms. The summed E-state index contributed by atoms with van der Waals surface area (Å²) in [5.41, 5.74) is 0.582. The third-order valence-corrected chi connectivity index (χ3v) is 5.52. The lowest BCUT2D eigenvalue weighted by Crippen LogP contribution is -2.22. The van der Waals surface area contributed by atoms with Crippen LogP contribution in [0.2, 0.25) is 0 Å². The third kappa shape index (κ3) is 3.81. The van der Waals surface area contributed by atoms with Crippen LogP contribution in [0.4, 0.5) is 0 Å². The first-order valence-electron chi connectivity index (χ1n) is 7.27. The second kappa shape index (κ2) is 6.82. The average molecular weight is 382 g/mol. The number of nitrogens with one attached hydrogen (secondary N) is 2. The zero-order valence-corrected chi connectivity index (χ0v) is 14.7. The molecule has 3 aromatic rings. The van der Waals surface area contributed by atoms with Crippen molar-refractivity contribution >= 4 is 37.5 Å². The molecule has 3 rings (SSSR count). The Morgan fingerprint density at radius 1 is 1.32 bits per heavy atom. The van der Waals surface area contributed by atoms with E-state index in [1.165, 1.54) is 30.3 Å². The van der Waals surface area contributed by atoms with Gasteiger partial charge in [0.05, 0.1) is 28.3 Å². The molecule has 1 aromatic carbocycles. The summed E-state index contributed by atoms with van der Waals surface area (Å²) in [5.74, 6) is -0.321. The molecular weight excluding hydrogens is 368 g/mol. The molecule has 0 saturated carbocycles. The number of hydrogen-bond acceptors (Lipinski definition) is 7. The Bertz CT molecular complexity index is 1080. The van der Waals surface area contributed by atoms with E-state index in [1.54, 1.807) is 6.92 Å². The van der Waals surface area contributed by atoms with Crippen molar-refractivity contribution in [3.05, 3.63) is 51.5 Å². The predicted octanol–water partition coefficient (Wildman–Crippen LogP) is 1.84. The van der Waals surface area contributed by atoms with E-state index in [2.05, 4.69) is 9.71 Å². The van der Waals surface area contributed by atoms with Crippen LogP contribution in [-0.4, -0.2) is 26.0 Å². The Morgan fingerprint density at radius 2 is 2.12 bits per heavy atom. The number of aromatic nitrogens is 1. The number of furan rings is 1. The summed E-state index contributed by atoms with van der Waals surface area (Å²) in [6.07, 6.45) is 0. The predicted molar refractivity (Wildman–Crippen MR) is 91.1 cm³/mol. The third-order valence-electron chi connectivity index (χ3n) is 3.28. The number of hydrogen-bond donors (Lipinski definition) is 2. The number of aromatic amines is 1. The molecule has 0 aliphatic heterocycles. The van der Waals surface area contributed by atoms with Gasteiger partial charge in [-0.3, -0.25) is 4.79 Å². The highest BCUT2D eigenvalue weighted by molar-refractivity contribution is 7.89. The summed E-state index contributed by atoms with van der Waals surface area (Å²) in [5, 5.41) is 0. The van der Waals surface area contributed by atoms with Crippen molar-refractivity contribution in [1.29, 1.82) is 0 Å². The normalized spacial score (nSPS) is 11.7. The molecule has 0 amide bonds. The Hall–Kier alpha value is -2.43. The van der Waals surface area contributed by atoms with Crippen LogP contribution in [0.5, 0.6) is 0 Å². The number of ether oxygens (including phenoxy) is 1. The second-order valence-electron chi connectivity index (χ2n) is 4.98. The Morgan fingerprint density at radius 3 is 2.88 bits per heavy atom. The zero-order chi connectivity index (χ0) is 18.0. The lowest BCUT2D eigenvalue weighted by atomic mass is 10.3. The molecule has 0 unspecified atom stereocenters. The minimum atomic E-state index is -3.80. The highest BCUT2D eigenvalue weighted by Crippen LogP contribution is 2.20. The van der Waals surface area contributed by atoms with Crippen molar-refractivity contribution in [1.82, 2.24) is 9.71 Å². The number of rotatable bonds is 6. The van der Waals surface area contributed by atoms with Crippen molar-refractivity contribution in [2.75, 3.05) is 6.61 Å². The van der Waals surface area contributed by atoms with Gasteiger partial charge >= 0.3 is 10.8 Å². The molecule has 10 heteroatoms. The van der Waals surface area contributed by atoms with Crippen LogP contribution in [-0.2, 0) is 21.3 Å². The molecule has 2 aromatic heterocycles. The molecule has 132 valence electrons. The van der Waals surface area contributed by atoms with E-state index < -0.39 is 16.0 Å². The van der Waals surface area contributed by atoms with Crippen molar-refractivity contribution in [3.63, 3.8) is 0 Å². The summed E-state index contributed by atoms with van der Waals surface area (Å²) in [7, 11) is -3.80. The minimum Gasteiger partial charge on any atom is -0.460 e. The van der Waals surface area contributed by atoms with Gasteiger partial charge in [-0.25, -0.2) is 17.9 Å². The maximum Gasteiger partial charge on any atom is 0.374 e. The number of thiazole rings is 1. The van der Waals surface area contributed by atoms with Gasteiger partial charge in [0.15, 0.2) is 0 Å². The van der Waals surface area contributed by atoms with Crippen molar-refractivity contribution in [2.24, 2.45) is 0 Å². The van der Waals surface area contributed by atoms with Gasteiger partial charge in [-0.05, 0) is 37.3 Å². The van der Waals surface area contributed by atoms with E-state index in [-0.39, 0.29) is 34.4 Å². The molecule has 0 spiro atoms. The highest BCUT2D eigenvalue weighted by atomic mass is 32.2. The molecule has 2 heterocycles. The molecular formula is C15H14N2O6S2. The van der Waals surface area contributed by atoms with E-state index in [4.69, 9.17) is 9.15 Å². The van der Waals surface area contributed by atoms with Gasteiger partial charge in [0.25, 0.3) is 0 Å². The van der Waals surface area contributed by atoms with E-state index >= 15 is 0 Å². The number of carbonyl (C=O) groups is 1. The van der Waals surface area contributed by atoms with Crippen LogP contribution in [0.15, 0.2) is 44.4 Å².